The predicted molar refractivity (Wildman–Crippen MR) is 148 cm³/mol. The molecule has 4 rings (SSSR count). The van der Waals surface area contributed by atoms with Gasteiger partial charge in [-0.15, -0.1) is 0 Å². The molecule has 0 bridgehead atoms. The number of rotatable bonds is 11. The highest BCUT2D eigenvalue weighted by molar-refractivity contribution is 5.90. The molecule has 2 amide bonds. The number of hydrogen-bond acceptors (Lipinski definition) is 3. The van der Waals surface area contributed by atoms with E-state index in [0.717, 1.165) is 28.3 Å². The number of nitrogens with one attached hydrogen (secondary N) is 1. The molecule has 0 aromatic heterocycles. The lowest BCUT2D eigenvalue weighted by atomic mass is 10.0. The van der Waals surface area contributed by atoms with Crippen LogP contribution in [0.1, 0.15) is 31.4 Å². The Balaban J connectivity index is 1.64. The second-order valence-electron chi connectivity index (χ2n) is 9.44. The monoisotopic (exact) mass is 512 g/mol. The molecular formula is C32H33FN2O3. The zero-order valence-electron chi connectivity index (χ0n) is 21.8. The van der Waals surface area contributed by atoms with Crippen LogP contribution in [0.25, 0.3) is 10.8 Å². The van der Waals surface area contributed by atoms with E-state index in [9.17, 15) is 14.0 Å². The van der Waals surface area contributed by atoms with Gasteiger partial charge in [-0.25, -0.2) is 4.39 Å². The second kappa shape index (κ2) is 12.9. The normalized spacial score (nSPS) is 12.5. The van der Waals surface area contributed by atoms with Crippen molar-refractivity contribution in [2.45, 2.75) is 45.3 Å². The Labute approximate surface area is 223 Å². The highest BCUT2D eigenvalue weighted by Crippen LogP contribution is 2.25. The molecule has 4 aromatic rings. The van der Waals surface area contributed by atoms with E-state index in [0.29, 0.717) is 12.2 Å². The van der Waals surface area contributed by atoms with Crippen molar-refractivity contribution in [3.63, 3.8) is 0 Å². The summed E-state index contributed by atoms with van der Waals surface area (Å²) in [6.07, 6.45) is 1.10. The molecule has 2 atom stereocenters. The lowest BCUT2D eigenvalue weighted by Crippen LogP contribution is -2.53. The van der Waals surface area contributed by atoms with E-state index in [2.05, 4.69) is 5.32 Å². The van der Waals surface area contributed by atoms with Crippen molar-refractivity contribution in [2.75, 3.05) is 6.61 Å². The smallest absolute Gasteiger partial charge is 0.261 e. The quantitative estimate of drug-likeness (QED) is 0.272. The van der Waals surface area contributed by atoms with Crippen molar-refractivity contribution in [3.8, 4) is 5.75 Å². The van der Waals surface area contributed by atoms with Crippen molar-refractivity contribution in [1.29, 1.82) is 0 Å². The third kappa shape index (κ3) is 6.97. The van der Waals surface area contributed by atoms with Crippen LogP contribution in [0.5, 0.6) is 5.75 Å². The van der Waals surface area contributed by atoms with Crippen LogP contribution in [0, 0.1) is 5.82 Å². The summed E-state index contributed by atoms with van der Waals surface area (Å²) in [5.41, 5.74) is 1.66. The molecular weight excluding hydrogens is 479 g/mol. The van der Waals surface area contributed by atoms with Gasteiger partial charge in [0.05, 0.1) is 0 Å². The molecule has 0 fully saturated rings. The number of nitrogens with zero attached hydrogens (tertiary/aromatic N) is 1. The highest BCUT2D eigenvalue weighted by Gasteiger charge is 2.31. The summed E-state index contributed by atoms with van der Waals surface area (Å²) >= 11 is 0. The number of halogens is 1. The maximum absolute atomic E-state index is 13.8. The first-order valence-corrected chi connectivity index (χ1v) is 12.9. The number of carbonyl (C=O) groups excluding carboxylic acids is 2. The molecule has 4 aromatic carbocycles. The van der Waals surface area contributed by atoms with Crippen molar-refractivity contribution in [3.05, 3.63) is 114 Å². The van der Waals surface area contributed by atoms with E-state index >= 15 is 0 Å². The summed E-state index contributed by atoms with van der Waals surface area (Å²) in [6.45, 7) is 3.84. The fraction of sp³-hybridized carbons (Fsp3) is 0.250. The average Bonchev–Trinajstić information content (AvgIpc) is 2.95. The lowest BCUT2D eigenvalue weighted by molar-refractivity contribution is -0.143. The summed E-state index contributed by atoms with van der Waals surface area (Å²) in [4.78, 5) is 28.9. The number of amides is 2. The summed E-state index contributed by atoms with van der Waals surface area (Å²) in [5, 5.41) is 4.96. The molecule has 1 N–H and O–H groups in total. The van der Waals surface area contributed by atoms with Gasteiger partial charge < -0.3 is 15.0 Å². The largest absolute Gasteiger partial charge is 0.483 e. The van der Waals surface area contributed by atoms with Crippen LogP contribution in [0.3, 0.4) is 0 Å². The van der Waals surface area contributed by atoms with Crippen LogP contribution in [0.2, 0.25) is 0 Å². The van der Waals surface area contributed by atoms with E-state index in [1.807, 2.05) is 86.6 Å². The molecule has 0 saturated carbocycles. The Morgan fingerprint density at radius 1 is 0.868 bits per heavy atom. The Morgan fingerprint density at radius 3 is 2.29 bits per heavy atom. The van der Waals surface area contributed by atoms with Crippen LogP contribution in [0.15, 0.2) is 97.1 Å². The molecule has 6 heteroatoms. The van der Waals surface area contributed by atoms with E-state index in [1.165, 1.54) is 12.1 Å². The Kier molecular flexibility index (Phi) is 9.09. The van der Waals surface area contributed by atoms with Gasteiger partial charge in [0.25, 0.3) is 5.91 Å². The van der Waals surface area contributed by atoms with E-state index in [1.54, 1.807) is 17.0 Å². The summed E-state index contributed by atoms with van der Waals surface area (Å²) in [7, 11) is 0. The van der Waals surface area contributed by atoms with Crippen LogP contribution in [0.4, 0.5) is 4.39 Å². The first-order chi connectivity index (χ1) is 18.4. The topological polar surface area (TPSA) is 58.6 Å². The Hall–Kier alpha value is -4.19. The molecule has 0 radical (unpaired) electrons. The standard InChI is InChI=1S/C32H33FN2O3/c1-3-23(2)34-32(37)29(20-24-10-5-4-6-11-24)35(21-25-16-18-27(33)19-17-25)31(36)22-38-30-15-9-13-26-12-7-8-14-28(26)30/h4-19,23,29H,3,20-22H2,1-2H3,(H,34,37)/t23-,29+/m0/s1. The number of benzene rings is 4. The van der Waals surface area contributed by atoms with Crippen LogP contribution in [-0.4, -0.2) is 35.4 Å². The highest BCUT2D eigenvalue weighted by atomic mass is 19.1. The van der Waals surface area contributed by atoms with Gasteiger partial charge in [0, 0.05) is 24.4 Å². The van der Waals surface area contributed by atoms with Gasteiger partial charge in [0.2, 0.25) is 5.91 Å². The molecule has 5 nitrogen and oxygen atoms in total. The minimum Gasteiger partial charge on any atom is -0.483 e. The number of hydrogen-bond donors (Lipinski definition) is 1. The number of ether oxygens (including phenoxy) is 1. The summed E-state index contributed by atoms with van der Waals surface area (Å²) in [5.74, 6) is -0.325. The van der Waals surface area contributed by atoms with Crippen LogP contribution >= 0.6 is 0 Å². The second-order valence-corrected chi connectivity index (χ2v) is 9.44. The third-order valence-electron chi connectivity index (χ3n) is 6.64. The predicted octanol–water partition coefficient (Wildman–Crippen LogP) is 5.91. The summed E-state index contributed by atoms with van der Waals surface area (Å²) in [6, 6.07) is 28.3. The zero-order valence-corrected chi connectivity index (χ0v) is 21.8. The molecule has 0 aliphatic carbocycles. The van der Waals surface area contributed by atoms with Crippen molar-refractivity contribution in [2.24, 2.45) is 0 Å². The van der Waals surface area contributed by atoms with Crippen LogP contribution in [-0.2, 0) is 22.6 Å². The molecule has 0 aliphatic rings. The molecule has 0 aliphatic heterocycles. The Morgan fingerprint density at radius 2 is 1.55 bits per heavy atom. The average molecular weight is 513 g/mol. The van der Waals surface area contributed by atoms with Gasteiger partial charge in [-0.2, -0.15) is 0 Å². The first-order valence-electron chi connectivity index (χ1n) is 12.9. The van der Waals surface area contributed by atoms with Gasteiger partial charge in [-0.3, -0.25) is 9.59 Å². The van der Waals surface area contributed by atoms with E-state index < -0.39 is 6.04 Å². The van der Waals surface area contributed by atoms with E-state index in [-0.39, 0.29) is 36.8 Å². The minimum atomic E-state index is -0.778. The fourth-order valence-electron chi connectivity index (χ4n) is 4.33. The zero-order chi connectivity index (χ0) is 26.9. The summed E-state index contributed by atoms with van der Waals surface area (Å²) < 4.78 is 19.6. The molecule has 0 saturated heterocycles. The van der Waals surface area contributed by atoms with Crippen LogP contribution < -0.4 is 10.1 Å². The lowest BCUT2D eigenvalue weighted by Gasteiger charge is -2.32. The third-order valence-corrected chi connectivity index (χ3v) is 6.64. The molecule has 196 valence electrons. The van der Waals surface area contributed by atoms with Crippen molar-refractivity contribution < 1.29 is 18.7 Å². The fourth-order valence-corrected chi connectivity index (χ4v) is 4.33. The first kappa shape index (κ1) is 26.9. The molecule has 38 heavy (non-hydrogen) atoms. The maximum Gasteiger partial charge on any atom is 0.261 e. The van der Waals surface area contributed by atoms with Gasteiger partial charge >= 0.3 is 0 Å². The van der Waals surface area contributed by atoms with Gasteiger partial charge in [0.1, 0.15) is 17.6 Å². The van der Waals surface area contributed by atoms with Gasteiger partial charge in [-0.1, -0.05) is 85.8 Å². The van der Waals surface area contributed by atoms with Crippen molar-refractivity contribution in [1.82, 2.24) is 10.2 Å². The Bertz CT molecular complexity index is 1350. The molecule has 0 unspecified atom stereocenters. The SMILES string of the molecule is CC[C@H](C)NC(=O)[C@@H](Cc1ccccc1)N(Cc1ccc(F)cc1)C(=O)COc1cccc2ccccc12. The maximum atomic E-state index is 13.8. The molecule has 0 spiro atoms. The van der Waals surface area contributed by atoms with E-state index in [4.69, 9.17) is 4.74 Å². The van der Waals surface area contributed by atoms with Crippen molar-refractivity contribution >= 4 is 22.6 Å². The van der Waals surface area contributed by atoms with Gasteiger partial charge in [0.15, 0.2) is 6.61 Å². The number of fused-ring (bicyclic) bond motifs is 1. The minimum absolute atomic E-state index is 0.0459. The van der Waals surface area contributed by atoms with Gasteiger partial charge in [-0.05, 0) is 48.1 Å². The number of carbonyl (C=O) groups is 2. The molecule has 0 heterocycles.